The maximum absolute atomic E-state index is 12.0. The van der Waals surface area contributed by atoms with Gasteiger partial charge in [0.1, 0.15) is 0 Å². The normalized spacial score (nSPS) is 16.5. The average molecular weight is 317 g/mol. The van der Waals surface area contributed by atoms with Crippen molar-refractivity contribution in [1.29, 1.82) is 0 Å². The Labute approximate surface area is 128 Å². The van der Waals surface area contributed by atoms with E-state index in [1.54, 1.807) is 42.6 Å². The highest BCUT2D eigenvalue weighted by Crippen LogP contribution is 2.25. The van der Waals surface area contributed by atoms with Gasteiger partial charge in [0.2, 0.25) is 10.0 Å². The van der Waals surface area contributed by atoms with Crippen molar-refractivity contribution in [3.8, 4) is 0 Å². The van der Waals surface area contributed by atoms with Crippen molar-refractivity contribution in [3.63, 3.8) is 0 Å². The molecule has 2 heterocycles. The van der Waals surface area contributed by atoms with Crippen molar-refractivity contribution in [2.24, 2.45) is 0 Å². The number of nitrogens with one attached hydrogen (secondary N) is 1. The monoisotopic (exact) mass is 317 g/mol. The van der Waals surface area contributed by atoms with E-state index in [-0.39, 0.29) is 11.7 Å². The predicted octanol–water partition coefficient (Wildman–Crippen LogP) is 1.87. The van der Waals surface area contributed by atoms with E-state index in [1.807, 2.05) is 0 Å². The first kappa shape index (κ1) is 14.5. The van der Waals surface area contributed by atoms with Crippen LogP contribution in [0.5, 0.6) is 0 Å². The third-order valence-electron chi connectivity index (χ3n) is 3.44. The van der Waals surface area contributed by atoms with Crippen LogP contribution in [0.1, 0.15) is 16.8 Å². The molecular weight excluding hydrogens is 302 g/mol. The van der Waals surface area contributed by atoms with Gasteiger partial charge in [0.05, 0.1) is 17.0 Å². The molecule has 0 aliphatic carbocycles. The molecule has 2 aromatic rings. The maximum Gasteiger partial charge on any atom is 0.257 e. The Balaban J connectivity index is 1.74. The van der Waals surface area contributed by atoms with Crippen molar-refractivity contribution in [1.82, 2.24) is 4.98 Å². The summed E-state index contributed by atoms with van der Waals surface area (Å²) in [6, 6.07) is 10.1. The van der Waals surface area contributed by atoms with Crippen molar-refractivity contribution >= 4 is 27.3 Å². The summed E-state index contributed by atoms with van der Waals surface area (Å²) in [4.78, 5) is 15.9. The van der Waals surface area contributed by atoms with E-state index in [0.29, 0.717) is 29.9 Å². The van der Waals surface area contributed by atoms with Gasteiger partial charge >= 0.3 is 0 Å². The first-order valence-electron chi connectivity index (χ1n) is 6.88. The third kappa shape index (κ3) is 2.94. The summed E-state index contributed by atoms with van der Waals surface area (Å²) < 4.78 is 25.1. The van der Waals surface area contributed by atoms with Gasteiger partial charge in [-0.2, -0.15) is 0 Å². The van der Waals surface area contributed by atoms with Crippen LogP contribution in [0.4, 0.5) is 11.4 Å². The number of hydrogen-bond donors (Lipinski definition) is 1. The summed E-state index contributed by atoms with van der Waals surface area (Å²) in [5.74, 6) is -0.0680. The molecule has 1 saturated heterocycles. The first-order valence-corrected chi connectivity index (χ1v) is 8.49. The molecule has 1 aromatic carbocycles. The summed E-state index contributed by atoms with van der Waals surface area (Å²) in [7, 11) is -3.18. The molecule has 7 heteroatoms. The quantitative estimate of drug-likeness (QED) is 0.937. The standard InChI is InChI=1S/C15H15N3O3S/c19-15(12-3-1-8-16-11-12)17-13-4-6-14(7-5-13)18-9-2-10-22(18,20)21/h1,3-8,11H,2,9-10H2,(H,17,19). The lowest BCUT2D eigenvalue weighted by molar-refractivity contribution is 0.102. The molecule has 3 rings (SSSR count). The van der Waals surface area contributed by atoms with Crippen molar-refractivity contribution in [2.45, 2.75) is 6.42 Å². The Morgan fingerprint density at radius 1 is 1.18 bits per heavy atom. The Kier molecular flexibility index (Phi) is 3.81. The van der Waals surface area contributed by atoms with Crippen LogP contribution < -0.4 is 9.62 Å². The molecule has 1 fully saturated rings. The van der Waals surface area contributed by atoms with E-state index < -0.39 is 10.0 Å². The Morgan fingerprint density at radius 2 is 1.95 bits per heavy atom. The lowest BCUT2D eigenvalue weighted by atomic mass is 10.2. The van der Waals surface area contributed by atoms with Gasteiger partial charge in [0, 0.05) is 24.6 Å². The van der Waals surface area contributed by atoms with Crippen LogP contribution in [0.2, 0.25) is 0 Å². The highest BCUT2D eigenvalue weighted by atomic mass is 32.2. The van der Waals surface area contributed by atoms with E-state index in [0.717, 1.165) is 0 Å². The zero-order chi connectivity index (χ0) is 15.6. The van der Waals surface area contributed by atoms with E-state index in [1.165, 1.54) is 10.5 Å². The molecule has 0 bridgehead atoms. The summed E-state index contributed by atoms with van der Waals surface area (Å²) in [5, 5.41) is 2.75. The first-order chi connectivity index (χ1) is 10.6. The minimum absolute atomic E-state index is 0.187. The Morgan fingerprint density at radius 3 is 2.55 bits per heavy atom. The predicted molar refractivity (Wildman–Crippen MR) is 84.4 cm³/mol. The molecule has 1 aliphatic rings. The summed E-state index contributed by atoms with van der Waals surface area (Å²) in [6.07, 6.45) is 3.73. The molecule has 0 spiro atoms. The fourth-order valence-electron chi connectivity index (χ4n) is 2.34. The molecule has 6 nitrogen and oxygen atoms in total. The fourth-order valence-corrected chi connectivity index (χ4v) is 3.91. The van der Waals surface area contributed by atoms with Gasteiger partial charge in [-0.25, -0.2) is 8.42 Å². The zero-order valence-electron chi connectivity index (χ0n) is 11.8. The van der Waals surface area contributed by atoms with Gasteiger partial charge in [-0.1, -0.05) is 0 Å². The summed E-state index contributed by atoms with van der Waals surface area (Å²) in [6.45, 7) is 0.504. The molecule has 0 unspecified atom stereocenters. The lowest BCUT2D eigenvalue weighted by Crippen LogP contribution is -2.24. The number of benzene rings is 1. The van der Waals surface area contributed by atoms with Crippen molar-refractivity contribution in [3.05, 3.63) is 54.4 Å². The van der Waals surface area contributed by atoms with E-state index in [4.69, 9.17) is 0 Å². The average Bonchev–Trinajstić information content (AvgIpc) is 2.88. The molecule has 1 amide bonds. The van der Waals surface area contributed by atoms with Crippen LogP contribution in [0.25, 0.3) is 0 Å². The van der Waals surface area contributed by atoms with E-state index in [2.05, 4.69) is 10.3 Å². The second kappa shape index (κ2) is 5.76. The van der Waals surface area contributed by atoms with Crippen LogP contribution >= 0.6 is 0 Å². The lowest BCUT2D eigenvalue weighted by Gasteiger charge is -2.17. The maximum atomic E-state index is 12.0. The molecule has 0 saturated carbocycles. The fraction of sp³-hybridized carbons (Fsp3) is 0.200. The molecule has 1 aliphatic heterocycles. The van der Waals surface area contributed by atoms with Crippen LogP contribution in [0.15, 0.2) is 48.8 Å². The topological polar surface area (TPSA) is 79.4 Å². The number of amides is 1. The van der Waals surface area contributed by atoms with Gasteiger partial charge in [-0.15, -0.1) is 0 Å². The summed E-state index contributed by atoms with van der Waals surface area (Å²) in [5.41, 5.74) is 1.69. The molecule has 0 atom stereocenters. The summed E-state index contributed by atoms with van der Waals surface area (Å²) >= 11 is 0. The Bertz CT molecular complexity index is 773. The smallest absolute Gasteiger partial charge is 0.257 e. The van der Waals surface area contributed by atoms with Crippen molar-refractivity contribution < 1.29 is 13.2 Å². The number of nitrogens with zero attached hydrogens (tertiary/aromatic N) is 2. The number of hydrogen-bond acceptors (Lipinski definition) is 4. The number of rotatable bonds is 3. The second-order valence-corrected chi connectivity index (χ2v) is 7.00. The minimum Gasteiger partial charge on any atom is -0.322 e. The van der Waals surface area contributed by atoms with Crippen LogP contribution in [0, 0.1) is 0 Å². The third-order valence-corrected chi connectivity index (χ3v) is 5.31. The number of anilines is 2. The number of sulfonamides is 1. The zero-order valence-corrected chi connectivity index (χ0v) is 12.6. The highest BCUT2D eigenvalue weighted by Gasteiger charge is 2.28. The molecule has 1 N–H and O–H groups in total. The van der Waals surface area contributed by atoms with E-state index >= 15 is 0 Å². The van der Waals surface area contributed by atoms with E-state index in [9.17, 15) is 13.2 Å². The van der Waals surface area contributed by atoms with Gasteiger partial charge in [-0.05, 0) is 42.8 Å². The van der Waals surface area contributed by atoms with Gasteiger partial charge in [0.15, 0.2) is 0 Å². The number of carbonyl (C=O) groups is 1. The molecule has 1 aromatic heterocycles. The molecule has 0 radical (unpaired) electrons. The van der Waals surface area contributed by atoms with Gasteiger partial charge in [-0.3, -0.25) is 14.1 Å². The molecular formula is C15H15N3O3S. The second-order valence-electron chi connectivity index (χ2n) is 4.98. The SMILES string of the molecule is O=C(Nc1ccc(N2CCCS2(=O)=O)cc1)c1cccnc1. The molecule has 22 heavy (non-hydrogen) atoms. The highest BCUT2D eigenvalue weighted by molar-refractivity contribution is 7.93. The number of carbonyl (C=O) groups excluding carboxylic acids is 1. The Hall–Kier alpha value is -2.41. The van der Waals surface area contributed by atoms with Gasteiger partial charge < -0.3 is 5.32 Å². The van der Waals surface area contributed by atoms with Crippen LogP contribution in [-0.4, -0.2) is 31.6 Å². The largest absolute Gasteiger partial charge is 0.322 e. The van der Waals surface area contributed by atoms with Gasteiger partial charge in [0.25, 0.3) is 5.91 Å². The number of aromatic nitrogens is 1. The van der Waals surface area contributed by atoms with Crippen LogP contribution in [-0.2, 0) is 10.0 Å². The minimum atomic E-state index is -3.18. The van der Waals surface area contributed by atoms with Crippen LogP contribution in [0.3, 0.4) is 0 Å². The number of pyridine rings is 1. The van der Waals surface area contributed by atoms with Crippen molar-refractivity contribution in [2.75, 3.05) is 21.9 Å². The molecule has 114 valence electrons.